The van der Waals surface area contributed by atoms with Gasteiger partial charge >= 0.3 is 0 Å². The van der Waals surface area contributed by atoms with Crippen LogP contribution in [0.25, 0.3) is 11.4 Å². The number of aromatic nitrogens is 3. The quantitative estimate of drug-likeness (QED) is 0.533. The minimum Gasteiger partial charge on any atom is -0.335 e. The Kier molecular flexibility index (Phi) is 5.27. The highest BCUT2D eigenvalue weighted by atomic mass is 32.2. The summed E-state index contributed by atoms with van der Waals surface area (Å²) in [5, 5.41) is 11.3. The Morgan fingerprint density at radius 1 is 1.12 bits per heavy atom. The number of hydrogen-bond acceptors (Lipinski definition) is 5. The molecule has 26 heavy (non-hydrogen) atoms. The highest BCUT2D eigenvalue weighted by molar-refractivity contribution is 8.00. The van der Waals surface area contributed by atoms with Crippen molar-refractivity contribution >= 4 is 23.4 Å². The van der Waals surface area contributed by atoms with Crippen molar-refractivity contribution in [3.05, 3.63) is 59.7 Å². The number of carbonyl (C=O) groups excluding carboxylic acids is 1. The van der Waals surface area contributed by atoms with Crippen LogP contribution in [0.15, 0.2) is 53.7 Å². The maximum Gasteiger partial charge on any atom is 0.237 e. The Hall–Kier alpha value is -2.80. The van der Waals surface area contributed by atoms with Gasteiger partial charge in [0.15, 0.2) is 5.82 Å². The average Bonchev–Trinajstić information content (AvgIpc) is 2.96. The first-order valence-electron chi connectivity index (χ1n) is 8.26. The molecule has 7 heteroatoms. The molecule has 0 radical (unpaired) electrons. The van der Waals surface area contributed by atoms with Crippen molar-refractivity contribution in [2.75, 3.05) is 11.2 Å². The second kappa shape index (κ2) is 7.61. The number of amides is 1. The first kappa shape index (κ1) is 18.0. The molecule has 0 saturated heterocycles. The van der Waals surface area contributed by atoms with E-state index in [9.17, 15) is 4.79 Å². The predicted octanol–water partition coefficient (Wildman–Crippen LogP) is 3.40. The van der Waals surface area contributed by atoms with Gasteiger partial charge in [-0.15, -0.1) is 10.2 Å². The second-order valence-corrected chi connectivity index (χ2v) is 7.47. The van der Waals surface area contributed by atoms with Crippen LogP contribution in [0.2, 0.25) is 0 Å². The largest absolute Gasteiger partial charge is 0.335 e. The zero-order valence-corrected chi connectivity index (χ0v) is 15.7. The number of rotatable bonds is 5. The van der Waals surface area contributed by atoms with Gasteiger partial charge in [-0.1, -0.05) is 53.7 Å². The smallest absolute Gasteiger partial charge is 0.237 e. The average molecular weight is 367 g/mol. The van der Waals surface area contributed by atoms with Crippen molar-refractivity contribution in [1.29, 1.82) is 0 Å². The third-order valence-corrected chi connectivity index (χ3v) is 4.97. The van der Waals surface area contributed by atoms with Gasteiger partial charge in [0.2, 0.25) is 11.1 Å². The summed E-state index contributed by atoms with van der Waals surface area (Å²) >= 11 is 1.27. The van der Waals surface area contributed by atoms with Crippen LogP contribution >= 0.6 is 11.8 Å². The van der Waals surface area contributed by atoms with E-state index in [0.29, 0.717) is 11.0 Å². The Labute approximate surface area is 156 Å². The van der Waals surface area contributed by atoms with Crippen LogP contribution in [0.1, 0.15) is 18.1 Å². The molecule has 0 aliphatic carbocycles. The Balaban J connectivity index is 1.70. The molecule has 3 rings (SSSR count). The summed E-state index contributed by atoms with van der Waals surface area (Å²) in [7, 11) is 0. The molecule has 3 aromatic rings. The first-order chi connectivity index (χ1) is 12.4. The molecule has 1 aromatic heterocycles. The minimum absolute atomic E-state index is 0.111. The van der Waals surface area contributed by atoms with Gasteiger partial charge < -0.3 is 11.2 Å². The van der Waals surface area contributed by atoms with E-state index in [-0.39, 0.29) is 11.2 Å². The third kappa shape index (κ3) is 4.05. The van der Waals surface area contributed by atoms with Crippen LogP contribution in [0.5, 0.6) is 0 Å². The summed E-state index contributed by atoms with van der Waals surface area (Å²) in [6.07, 6.45) is 0. The number of nitrogens with one attached hydrogen (secondary N) is 1. The molecule has 6 nitrogen and oxygen atoms in total. The fraction of sp³-hybridized carbons (Fsp3) is 0.211. The van der Waals surface area contributed by atoms with E-state index in [2.05, 4.69) is 15.5 Å². The molecular weight excluding hydrogens is 346 g/mol. The summed E-state index contributed by atoms with van der Waals surface area (Å²) in [4.78, 5) is 12.4. The molecule has 0 spiro atoms. The zero-order chi connectivity index (χ0) is 18.7. The lowest BCUT2D eigenvalue weighted by atomic mass is 10.1. The molecule has 2 aromatic carbocycles. The maximum atomic E-state index is 12.4. The molecule has 3 N–H and O–H groups in total. The highest BCUT2D eigenvalue weighted by Crippen LogP contribution is 2.25. The van der Waals surface area contributed by atoms with E-state index in [0.717, 1.165) is 22.4 Å². The van der Waals surface area contributed by atoms with E-state index in [1.807, 2.05) is 69.3 Å². The van der Waals surface area contributed by atoms with Gasteiger partial charge in [0.1, 0.15) is 0 Å². The fourth-order valence-electron chi connectivity index (χ4n) is 2.44. The van der Waals surface area contributed by atoms with Gasteiger partial charge in [0.05, 0.1) is 5.25 Å². The number of anilines is 1. The Morgan fingerprint density at radius 3 is 2.54 bits per heavy atom. The fourth-order valence-corrected chi connectivity index (χ4v) is 3.21. The highest BCUT2D eigenvalue weighted by Gasteiger charge is 2.20. The lowest BCUT2D eigenvalue weighted by molar-refractivity contribution is -0.115. The van der Waals surface area contributed by atoms with Gasteiger partial charge in [0.25, 0.3) is 0 Å². The maximum absolute atomic E-state index is 12.4. The molecule has 1 heterocycles. The molecule has 1 atom stereocenters. The number of carbonyl (C=O) groups is 1. The number of benzene rings is 2. The molecule has 134 valence electrons. The van der Waals surface area contributed by atoms with Crippen LogP contribution < -0.4 is 11.2 Å². The third-order valence-electron chi connectivity index (χ3n) is 3.91. The van der Waals surface area contributed by atoms with E-state index in [4.69, 9.17) is 5.84 Å². The topological polar surface area (TPSA) is 85.8 Å². The van der Waals surface area contributed by atoms with E-state index in [1.165, 1.54) is 16.4 Å². The summed E-state index contributed by atoms with van der Waals surface area (Å²) in [5.74, 6) is 6.59. The van der Waals surface area contributed by atoms with Crippen LogP contribution in [0, 0.1) is 13.8 Å². The standard InChI is InChI=1S/C19H21N5OS/c1-12-7-9-15(10-8-12)17-22-23-19(24(17)20)26-14(3)18(25)21-16-6-4-5-13(2)11-16/h4-11,14H,20H2,1-3H3,(H,21,25). The number of thioether (sulfide) groups is 1. The monoisotopic (exact) mass is 367 g/mol. The van der Waals surface area contributed by atoms with Crippen LogP contribution in [0.4, 0.5) is 5.69 Å². The van der Waals surface area contributed by atoms with Crippen molar-refractivity contribution < 1.29 is 4.79 Å². The SMILES string of the molecule is Cc1ccc(-c2nnc(SC(C)C(=O)Nc3cccc(C)c3)n2N)cc1. The van der Waals surface area contributed by atoms with Crippen molar-refractivity contribution in [2.45, 2.75) is 31.2 Å². The van der Waals surface area contributed by atoms with Gasteiger partial charge in [-0.3, -0.25) is 4.79 Å². The molecule has 0 fully saturated rings. The second-order valence-electron chi connectivity index (χ2n) is 6.16. The molecule has 1 unspecified atom stereocenters. The summed E-state index contributed by atoms with van der Waals surface area (Å²) in [6.45, 7) is 5.82. The summed E-state index contributed by atoms with van der Waals surface area (Å²) in [6, 6.07) is 15.6. The number of nitrogen functional groups attached to an aromatic ring is 1. The minimum atomic E-state index is -0.368. The molecule has 0 aliphatic rings. The van der Waals surface area contributed by atoms with E-state index in [1.54, 1.807) is 0 Å². The zero-order valence-electron chi connectivity index (χ0n) is 14.9. The van der Waals surface area contributed by atoms with Gasteiger partial charge in [-0.25, -0.2) is 4.68 Å². The first-order valence-corrected chi connectivity index (χ1v) is 9.13. The van der Waals surface area contributed by atoms with Gasteiger partial charge in [0, 0.05) is 11.3 Å². The number of nitrogens with zero attached hydrogens (tertiary/aromatic N) is 3. The van der Waals surface area contributed by atoms with E-state index >= 15 is 0 Å². The lowest BCUT2D eigenvalue weighted by Crippen LogP contribution is -2.23. The molecule has 0 saturated carbocycles. The lowest BCUT2D eigenvalue weighted by Gasteiger charge is -2.12. The molecular formula is C19H21N5OS. The molecule has 0 bridgehead atoms. The van der Waals surface area contributed by atoms with Crippen LogP contribution in [-0.2, 0) is 4.79 Å². The Bertz CT molecular complexity index is 920. The van der Waals surface area contributed by atoms with E-state index < -0.39 is 0 Å². The van der Waals surface area contributed by atoms with Crippen molar-refractivity contribution in [2.24, 2.45) is 0 Å². The number of hydrogen-bond donors (Lipinski definition) is 2. The summed E-state index contributed by atoms with van der Waals surface area (Å²) < 4.78 is 1.42. The number of aryl methyl sites for hydroxylation is 2. The van der Waals surface area contributed by atoms with Crippen LogP contribution in [-0.4, -0.2) is 26.0 Å². The molecule has 0 aliphatic heterocycles. The van der Waals surface area contributed by atoms with Crippen LogP contribution in [0.3, 0.4) is 0 Å². The predicted molar refractivity (Wildman–Crippen MR) is 105 cm³/mol. The normalized spacial score (nSPS) is 12.0. The van der Waals surface area contributed by atoms with Gasteiger partial charge in [-0.05, 0) is 38.5 Å². The Morgan fingerprint density at radius 2 is 1.85 bits per heavy atom. The van der Waals surface area contributed by atoms with Crippen molar-refractivity contribution in [1.82, 2.24) is 14.9 Å². The summed E-state index contributed by atoms with van der Waals surface area (Å²) in [5.41, 5.74) is 3.91. The molecule has 1 amide bonds. The van der Waals surface area contributed by atoms with Crippen molar-refractivity contribution in [3.8, 4) is 11.4 Å². The van der Waals surface area contributed by atoms with Gasteiger partial charge in [-0.2, -0.15) is 0 Å². The number of nitrogens with two attached hydrogens (primary N) is 1. The van der Waals surface area contributed by atoms with Crippen molar-refractivity contribution in [3.63, 3.8) is 0 Å².